The summed E-state index contributed by atoms with van der Waals surface area (Å²) in [5, 5.41) is 0. The molecule has 6 heteroatoms. The maximum Gasteiger partial charge on any atom is 0.317 e. The summed E-state index contributed by atoms with van der Waals surface area (Å²) in [5.74, 6) is 0.223. The Morgan fingerprint density at radius 3 is 2.28 bits per heavy atom. The van der Waals surface area contributed by atoms with Crippen molar-refractivity contribution in [3.63, 3.8) is 0 Å². The molecule has 0 aliphatic carbocycles. The van der Waals surface area contributed by atoms with Gasteiger partial charge in [0.05, 0.1) is 24.9 Å². The third-order valence-electron chi connectivity index (χ3n) is 4.78. The molecule has 0 aliphatic heterocycles. The Morgan fingerprint density at radius 1 is 1.00 bits per heavy atom. The molecule has 2 aromatic rings. The second-order valence-corrected chi connectivity index (χ2v) is 7.16. The molecule has 2 atom stereocenters. The topological polar surface area (TPSA) is 61.3 Å². The molecule has 0 amide bonds. The van der Waals surface area contributed by atoms with Crippen LogP contribution in [0.5, 0.6) is 11.5 Å². The number of carbonyl (C=O) groups is 1. The second kappa shape index (κ2) is 12.1. The summed E-state index contributed by atoms with van der Waals surface area (Å²) in [5.41, 5.74) is 0.792. The number of rotatable bonds is 12. The fourth-order valence-corrected chi connectivity index (χ4v) is 2.82. The molecule has 1 heterocycles. The smallest absolute Gasteiger partial charge is 0.317 e. The first-order valence-electron chi connectivity index (χ1n) is 10.5. The summed E-state index contributed by atoms with van der Waals surface area (Å²) >= 11 is 0. The highest BCUT2D eigenvalue weighted by Gasteiger charge is 2.24. The molecule has 1 aromatic heterocycles. The molecule has 0 radical (unpaired) electrons. The van der Waals surface area contributed by atoms with Gasteiger partial charge in [-0.1, -0.05) is 39.5 Å². The Bertz CT molecular complexity index is 735. The number of nitrogens with zero attached hydrogens (tertiary/aromatic N) is 2. The van der Waals surface area contributed by atoms with E-state index in [1.54, 1.807) is 43.6 Å². The van der Waals surface area contributed by atoms with Gasteiger partial charge >= 0.3 is 5.97 Å². The Kier molecular flexibility index (Phi) is 9.54. The summed E-state index contributed by atoms with van der Waals surface area (Å²) in [6.07, 6.45) is 8.35. The second-order valence-electron chi connectivity index (χ2n) is 7.16. The minimum atomic E-state index is -1.20. The van der Waals surface area contributed by atoms with Crippen LogP contribution in [0.25, 0.3) is 11.4 Å². The van der Waals surface area contributed by atoms with Gasteiger partial charge in [0.15, 0.2) is 11.6 Å². The van der Waals surface area contributed by atoms with Gasteiger partial charge in [-0.2, -0.15) is 0 Å². The number of aromatic nitrogens is 2. The largest absolute Gasteiger partial charge is 0.490 e. The van der Waals surface area contributed by atoms with E-state index in [2.05, 4.69) is 16.9 Å². The highest BCUT2D eigenvalue weighted by molar-refractivity contribution is 5.75. The maximum atomic E-state index is 13.6. The van der Waals surface area contributed by atoms with E-state index < -0.39 is 18.1 Å². The zero-order chi connectivity index (χ0) is 21.1. The summed E-state index contributed by atoms with van der Waals surface area (Å²) in [6.45, 7) is 6.10. The Hall–Kier alpha value is -2.50. The molecule has 0 fully saturated rings. The van der Waals surface area contributed by atoms with Crippen LogP contribution in [0.2, 0.25) is 0 Å². The molecule has 1 aromatic carbocycles. The molecule has 29 heavy (non-hydrogen) atoms. The first-order chi connectivity index (χ1) is 14.0. The van der Waals surface area contributed by atoms with Gasteiger partial charge in [-0.25, -0.2) is 14.4 Å². The van der Waals surface area contributed by atoms with Crippen molar-refractivity contribution in [2.45, 2.75) is 65.5 Å². The van der Waals surface area contributed by atoms with Gasteiger partial charge in [0.25, 0.3) is 0 Å². The number of esters is 1. The average Bonchev–Trinajstić information content (AvgIpc) is 2.76. The molecule has 0 aliphatic rings. The Labute approximate surface area is 172 Å². The number of unbranched alkanes of at least 4 members (excludes halogenated alkanes) is 4. The highest BCUT2D eigenvalue weighted by Crippen LogP contribution is 2.22. The molecular weight excluding hydrogens is 371 g/mol. The predicted octanol–water partition coefficient (Wildman–Crippen LogP) is 5.78. The average molecular weight is 403 g/mol. The van der Waals surface area contributed by atoms with E-state index in [9.17, 15) is 9.18 Å². The van der Waals surface area contributed by atoms with Crippen LogP contribution in [-0.2, 0) is 4.79 Å². The third kappa shape index (κ3) is 7.44. The number of alkyl halides is 1. The molecule has 0 saturated carbocycles. The van der Waals surface area contributed by atoms with E-state index in [0.717, 1.165) is 12.0 Å². The van der Waals surface area contributed by atoms with Crippen LogP contribution in [-0.4, -0.2) is 28.7 Å². The number of benzene rings is 1. The number of carbonyl (C=O) groups excluding carboxylic acids is 1. The standard InChI is InChI=1S/C23H31FN2O3/c1-4-6-7-8-9-14-28-20-15-25-22(26-16-20)18-10-12-19(13-11-18)29-23(27)17(3)21(24)5-2/h10-13,15-17,21H,4-9,14H2,1-3H3/t17-,21-/m1/s1. The van der Waals surface area contributed by atoms with E-state index in [4.69, 9.17) is 9.47 Å². The Balaban J connectivity index is 1.85. The molecular formula is C23H31FN2O3. The Morgan fingerprint density at radius 2 is 1.66 bits per heavy atom. The maximum absolute atomic E-state index is 13.6. The molecule has 0 bridgehead atoms. The number of ether oxygens (including phenoxy) is 2. The van der Waals surface area contributed by atoms with Crippen LogP contribution in [0.1, 0.15) is 59.3 Å². The fraction of sp³-hybridized carbons (Fsp3) is 0.522. The van der Waals surface area contributed by atoms with E-state index >= 15 is 0 Å². The van der Waals surface area contributed by atoms with Gasteiger partial charge in [-0.05, 0) is 44.0 Å². The van der Waals surface area contributed by atoms with Gasteiger partial charge in [0.2, 0.25) is 0 Å². The summed E-state index contributed by atoms with van der Waals surface area (Å²) in [4.78, 5) is 20.6. The van der Waals surface area contributed by atoms with E-state index in [1.165, 1.54) is 32.6 Å². The van der Waals surface area contributed by atoms with E-state index in [0.29, 0.717) is 23.9 Å². The van der Waals surface area contributed by atoms with E-state index in [-0.39, 0.29) is 6.42 Å². The van der Waals surface area contributed by atoms with Crippen molar-refractivity contribution in [3.05, 3.63) is 36.7 Å². The third-order valence-corrected chi connectivity index (χ3v) is 4.78. The zero-order valence-electron chi connectivity index (χ0n) is 17.6. The fourth-order valence-electron chi connectivity index (χ4n) is 2.82. The van der Waals surface area contributed by atoms with Gasteiger partial charge < -0.3 is 9.47 Å². The minimum Gasteiger partial charge on any atom is -0.490 e. The summed E-state index contributed by atoms with van der Waals surface area (Å²) in [6, 6.07) is 6.85. The first kappa shape index (κ1) is 22.8. The lowest BCUT2D eigenvalue weighted by Crippen LogP contribution is -2.26. The molecule has 0 spiro atoms. The van der Waals surface area contributed by atoms with Gasteiger partial charge in [-0.3, -0.25) is 4.79 Å². The molecule has 2 rings (SSSR count). The van der Waals surface area contributed by atoms with Crippen molar-refractivity contribution in [3.8, 4) is 22.9 Å². The first-order valence-corrected chi connectivity index (χ1v) is 10.5. The van der Waals surface area contributed by atoms with Gasteiger partial charge in [-0.15, -0.1) is 0 Å². The lowest BCUT2D eigenvalue weighted by molar-refractivity contribution is -0.140. The summed E-state index contributed by atoms with van der Waals surface area (Å²) < 4.78 is 24.5. The number of hydrogen-bond acceptors (Lipinski definition) is 5. The van der Waals surface area contributed by atoms with Crippen molar-refractivity contribution < 1.29 is 18.7 Å². The normalized spacial score (nSPS) is 13.0. The van der Waals surface area contributed by atoms with Crippen molar-refractivity contribution >= 4 is 5.97 Å². The number of hydrogen-bond donors (Lipinski definition) is 0. The van der Waals surface area contributed by atoms with Crippen LogP contribution >= 0.6 is 0 Å². The van der Waals surface area contributed by atoms with Crippen molar-refractivity contribution in [2.75, 3.05) is 6.61 Å². The van der Waals surface area contributed by atoms with Crippen LogP contribution in [0, 0.1) is 5.92 Å². The molecule has 0 unspecified atom stereocenters. The highest BCUT2D eigenvalue weighted by atomic mass is 19.1. The van der Waals surface area contributed by atoms with Crippen LogP contribution < -0.4 is 9.47 Å². The molecule has 0 N–H and O–H groups in total. The van der Waals surface area contributed by atoms with Gasteiger partial charge in [0, 0.05) is 5.56 Å². The number of halogens is 1. The van der Waals surface area contributed by atoms with Crippen LogP contribution in [0.3, 0.4) is 0 Å². The quantitative estimate of drug-likeness (QED) is 0.256. The molecule has 0 saturated heterocycles. The van der Waals surface area contributed by atoms with Crippen LogP contribution in [0.15, 0.2) is 36.7 Å². The van der Waals surface area contributed by atoms with Crippen molar-refractivity contribution in [1.29, 1.82) is 0 Å². The van der Waals surface area contributed by atoms with Gasteiger partial charge in [0.1, 0.15) is 11.9 Å². The van der Waals surface area contributed by atoms with Crippen LogP contribution in [0.4, 0.5) is 4.39 Å². The lowest BCUT2D eigenvalue weighted by atomic mass is 10.0. The van der Waals surface area contributed by atoms with Crippen molar-refractivity contribution in [1.82, 2.24) is 9.97 Å². The predicted molar refractivity (Wildman–Crippen MR) is 112 cm³/mol. The minimum absolute atomic E-state index is 0.283. The zero-order valence-corrected chi connectivity index (χ0v) is 17.6. The SMILES string of the molecule is CCCCCCCOc1cnc(-c2ccc(OC(=O)[C@H](C)[C@H](F)CC)cc2)nc1. The van der Waals surface area contributed by atoms with Crippen molar-refractivity contribution in [2.24, 2.45) is 5.92 Å². The van der Waals surface area contributed by atoms with E-state index in [1.807, 2.05) is 0 Å². The monoisotopic (exact) mass is 402 g/mol. The molecule has 5 nitrogen and oxygen atoms in total. The summed E-state index contributed by atoms with van der Waals surface area (Å²) in [7, 11) is 0. The lowest BCUT2D eigenvalue weighted by Gasteiger charge is -2.14. The molecule has 158 valence electrons.